The van der Waals surface area contributed by atoms with Crippen LogP contribution in [0.1, 0.15) is 18.4 Å². The number of pyridine rings is 1. The van der Waals surface area contributed by atoms with Crippen molar-refractivity contribution in [2.24, 2.45) is 0 Å². The lowest BCUT2D eigenvalue weighted by Crippen LogP contribution is -2.46. The Balaban J connectivity index is 1.27. The minimum absolute atomic E-state index is 0.160. The molecule has 0 atom stereocenters. The molecule has 0 aliphatic carbocycles. The van der Waals surface area contributed by atoms with Gasteiger partial charge < -0.3 is 15.5 Å². The Labute approximate surface area is 164 Å². The van der Waals surface area contributed by atoms with Gasteiger partial charge in [-0.05, 0) is 48.7 Å². The topological polar surface area (TPSA) is 75.1 Å². The molecule has 0 radical (unpaired) electrons. The van der Waals surface area contributed by atoms with Gasteiger partial charge in [0.25, 0.3) is 0 Å². The summed E-state index contributed by atoms with van der Waals surface area (Å²) in [6.45, 7) is 2.46. The van der Waals surface area contributed by atoms with Gasteiger partial charge >= 0.3 is 6.03 Å². The van der Waals surface area contributed by atoms with Crippen molar-refractivity contribution in [1.82, 2.24) is 20.1 Å². The molecule has 0 unspecified atom stereocenters. The van der Waals surface area contributed by atoms with E-state index in [1.807, 2.05) is 65.6 Å². The van der Waals surface area contributed by atoms with Crippen LogP contribution in [0.25, 0.3) is 0 Å². The number of rotatable bonds is 5. The van der Waals surface area contributed by atoms with E-state index >= 15 is 0 Å². The molecule has 28 heavy (non-hydrogen) atoms. The smallest absolute Gasteiger partial charge is 0.319 e. The first-order valence-corrected chi connectivity index (χ1v) is 9.56. The second-order valence-corrected chi connectivity index (χ2v) is 6.95. The molecule has 0 spiro atoms. The number of nitrogens with zero attached hydrogens (tertiary/aromatic N) is 4. The molecular formula is C21H24N6O. The summed E-state index contributed by atoms with van der Waals surface area (Å²) in [5.41, 5.74) is 1.87. The molecule has 7 heteroatoms. The standard InChI is InChI=1S/C21H24N6O/c28-21(24-18-8-13-26(14-9-18)20-7-1-2-10-22-20)25-19-6-3-5-17(15-19)16-27-12-4-11-23-27/h1-7,10-12,15,18H,8-9,13-14,16H2,(H2,24,25,28). The Bertz CT molecular complexity index is 888. The molecule has 1 saturated heterocycles. The van der Waals surface area contributed by atoms with Gasteiger partial charge in [0.05, 0.1) is 6.54 Å². The van der Waals surface area contributed by atoms with E-state index in [1.54, 1.807) is 6.20 Å². The van der Waals surface area contributed by atoms with Crippen molar-refractivity contribution in [3.63, 3.8) is 0 Å². The number of hydrogen-bond donors (Lipinski definition) is 2. The molecule has 3 aromatic rings. The van der Waals surface area contributed by atoms with Crippen LogP contribution in [-0.4, -0.2) is 39.9 Å². The third kappa shape index (κ3) is 4.68. The minimum Gasteiger partial charge on any atom is -0.356 e. The van der Waals surface area contributed by atoms with Crippen LogP contribution in [0.3, 0.4) is 0 Å². The van der Waals surface area contributed by atoms with E-state index in [0.29, 0.717) is 6.54 Å². The number of benzene rings is 1. The largest absolute Gasteiger partial charge is 0.356 e. The highest BCUT2D eigenvalue weighted by molar-refractivity contribution is 5.89. The number of piperidine rings is 1. The summed E-state index contributed by atoms with van der Waals surface area (Å²) in [5, 5.41) is 10.3. The summed E-state index contributed by atoms with van der Waals surface area (Å²) < 4.78 is 1.86. The molecule has 4 rings (SSSR count). The zero-order valence-electron chi connectivity index (χ0n) is 15.7. The molecule has 2 N–H and O–H groups in total. The van der Waals surface area contributed by atoms with Crippen LogP contribution in [0, 0.1) is 0 Å². The van der Waals surface area contributed by atoms with Crippen LogP contribution in [0.5, 0.6) is 0 Å². The van der Waals surface area contributed by atoms with Crippen LogP contribution in [0.15, 0.2) is 67.1 Å². The average molecular weight is 376 g/mol. The fourth-order valence-electron chi connectivity index (χ4n) is 3.47. The van der Waals surface area contributed by atoms with Crippen LogP contribution >= 0.6 is 0 Å². The molecule has 7 nitrogen and oxygen atoms in total. The number of amides is 2. The van der Waals surface area contributed by atoms with Gasteiger partial charge in [0.2, 0.25) is 0 Å². The predicted octanol–water partition coefficient (Wildman–Crippen LogP) is 3.12. The quantitative estimate of drug-likeness (QED) is 0.717. The van der Waals surface area contributed by atoms with Crippen molar-refractivity contribution >= 4 is 17.5 Å². The van der Waals surface area contributed by atoms with Gasteiger partial charge in [-0.1, -0.05) is 18.2 Å². The van der Waals surface area contributed by atoms with Gasteiger partial charge in [0, 0.05) is 43.4 Å². The highest BCUT2D eigenvalue weighted by atomic mass is 16.2. The number of hydrogen-bond acceptors (Lipinski definition) is 4. The molecule has 3 heterocycles. The van der Waals surface area contributed by atoms with Crippen molar-refractivity contribution in [1.29, 1.82) is 0 Å². The first kappa shape index (κ1) is 18.0. The molecule has 144 valence electrons. The number of carbonyl (C=O) groups is 1. The Hall–Kier alpha value is -3.35. The van der Waals surface area contributed by atoms with Crippen molar-refractivity contribution in [2.75, 3.05) is 23.3 Å². The zero-order chi connectivity index (χ0) is 19.2. The second-order valence-electron chi connectivity index (χ2n) is 6.95. The van der Waals surface area contributed by atoms with Crippen molar-refractivity contribution in [3.05, 3.63) is 72.7 Å². The first-order chi connectivity index (χ1) is 13.8. The summed E-state index contributed by atoms with van der Waals surface area (Å²) in [6, 6.07) is 15.7. The fraction of sp³-hybridized carbons (Fsp3) is 0.286. The molecule has 1 aromatic carbocycles. The molecule has 1 aliphatic rings. The lowest BCUT2D eigenvalue weighted by atomic mass is 10.1. The molecule has 1 aliphatic heterocycles. The molecule has 2 amide bonds. The van der Waals surface area contributed by atoms with Gasteiger partial charge in [-0.3, -0.25) is 4.68 Å². The minimum atomic E-state index is -0.160. The van der Waals surface area contributed by atoms with Crippen LogP contribution < -0.4 is 15.5 Å². The predicted molar refractivity (Wildman–Crippen MR) is 109 cm³/mol. The van der Waals surface area contributed by atoms with E-state index < -0.39 is 0 Å². The van der Waals surface area contributed by atoms with Gasteiger partial charge in [0.15, 0.2) is 0 Å². The average Bonchev–Trinajstić information content (AvgIpc) is 3.22. The van der Waals surface area contributed by atoms with Gasteiger partial charge in [-0.2, -0.15) is 5.10 Å². The van der Waals surface area contributed by atoms with Gasteiger partial charge in [-0.15, -0.1) is 0 Å². The van der Waals surface area contributed by atoms with E-state index in [4.69, 9.17) is 0 Å². The lowest BCUT2D eigenvalue weighted by Gasteiger charge is -2.33. The van der Waals surface area contributed by atoms with Gasteiger partial charge in [-0.25, -0.2) is 9.78 Å². The SMILES string of the molecule is O=C(Nc1cccc(Cn2cccn2)c1)NC1CCN(c2ccccn2)CC1. The first-order valence-electron chi connectivity index (χ1n) is 9.56. The maximum absolute atomic E-state index is 12.4. The number of anilines is 2. The van der Waals surface area contributed by atoms with E-state index in [2.05, 4.69) is 25.6 Å². The molecule has 0 saturated carbocycles. The van der Waals surface area contributed by atoms with E-state index in [1.165, 1.54) is 0 Å². The third-order valence-corrected chi connectivity index (χ3v) is 4.89. The Morgan fingerprint density at radius 3 is 2.71 bits per heavy atom. The maximum Gasteiger partial charge on any atom is 0.319 e. The fourth-order valence-corrected chi connectivity index (χ4v) is 3.47. The van der Waals surface area contributed by atoms with Crippen LogP contribution in [-0.2, 0) is 6.54 Å². The van der Waals surface area contributed by atoms with Crippen LogP contribution in [0.2, 0.25) is 0 Å². The second kappa shape index (κ2) is 8.56. The Kier molecular flexibility index (Phi) is 5.51. The zero-order valence-corrected chi connectivity index (χ0v) is 15.7. The number of urea groups is 1. The summed E-state index contributed by atoms with van der Waals surface area (Å²) >= 11 is 0. The number of nitrogens with one attached hydrogen (secondary N) is 2. The molecular weight excluding hydrogens is 352 g/mol. The van der Waals surface area contributed by atoms with Crippen molar-refractivity contribution < 1.29 is 4.79 Å². The Morgan fingerprint density at radius 1 is 1.07 bits per heavy atom. The van der Waals surface area contributed by atoms with Gasteiger partial charge in [0.1, 0.15) is 5.82 Å². The van der Waals surface area contributed by atoms with E-state index in [0.717, 1.165) is 43.0 Å². The molecule has 1 fully saturated rings. The third-order valence-electron chi connectivity index (χ3n) is 4.89. The van der Waals surface area contributed by atoms with E-state index in [9.17, 15) is 4.79 Å². The van der Waals surface area contributed by atoms with Crippen LogP contribution in [0.4, 0.5) is 16.3 Å². The summed E-state index contributed by atoms with van der Waals surface area (Å²) in [7, 11) is 0. The summed E-state index contributed by atoms with van der Waals surface area (Å²) in [4.78, 5) is 19.1. The summed E-state index contributed by atoms with van der Waals surface area (Å²) in [5.74, 6) is 0.999. The van der Waals surface area contributed by atoms with Crippen molar-refractivity contribution in [2.45, 2.75) is 25.4 Å². The molecule has 0 bridgehead atoms. The number of carbonyl (C=O) groups excluding carboxylic acids is 1. The van der Waals surface area contributed by atoms with Crippen molar-refractivity contribution in [3.8, 4) is 0 Å². The Morgan fingerprint density at radius 2 is 1.96 bits per heavy atom. The lowest BCUT2D eigenvalue weighted by molar-refractivity contribution is 0.246. The van der Waals surface area contributed by atoms with E-state index in [-0.39, 0.29) is 12.1 Å². The number of aromatic nitrogens is 3. The molecule has 2 aromatic heterocycles. The highest BCUT2D eigenvalue weighted by Crippen LogP contribution is 2.17. The summed E-state index contributed by atoms with van der Waals surface area (Å²) in [6.07, 6.45) is 7.30. The highest BCUT2D eigenvalue weighted by Gasteiger charge is 2.21. The maximum atomic E-state index is 12.4. The monoisotopic (exact) mass is 376 g/mol. The normalized spacial score (nSPS) is 14.6.